The minimum absolute atomic E-state index is 0.00375. The van der Waals surface area contributed by atoms with Gasteiger partial charge < -0.3 is 4.42 Å². The van der Waals surface area contributed by atoms with Crippen molar-refractivity contribution < 1.29 is 12.8 Å². The van der Waals surface area contributed by atoms with Crippen molar-refractivity contribution in [3.05, 3.63) is 24.1 Å². The third-order valence-corrected chi connectivity index (χ3v) is 3.08. The lowest BCUT2D eigenvalue weighted by atomic mass is 10.3. The van der Waals surface area contributed by atoms with E-state index in [-0.39, 0.29) is 21.9 Å². The van der Waals surface area contributed by atoms with Gasteiger partial charge in [0.05, 0.1) is 0 Å². The molecule has 0 aliphatic rings. The fraction of sp³-hybridized carbons (Fsp3) is 0. The van der Waals surface area contributed by atoms with Gasteiger partial charge in [-0.2, -0.15) is 10.2 Å². The number of hydrogen-bond donors (Lipinski definition) is 0. The second kappa shape index (κ2) is 3.22. The molecule has 15 heavy (non-hydrogen) atoms. The minimum Gasteiger partial charge on any atom is -0.427 e. The van der Waals surface area contributed by atoms with Gasteiger partial charge >= 0.3 is 5.89 Å². The highest BCUT2D eigenvalue weighted by Gasteiger charge is 2.18. The lowest BCUT2D eigenvalue weighted by molar-refractivity contribution is 0.572. The summed E-state index contributed by atoms with van der Waals surface area (Å²) < 4.78 is 27.2. The molecule has 0 saturated carbocycles. The SMILES string of the molecule is N#Cc1nc2cccc(S(=O)(=O)Cl)c2o1. The maximum Gasteiger partial charge on any atom is 0.301 e. The van der Waals surface area contributed by atoms with Gasteiger partial charge in [-0.25, -0.2) is 8.42 Å². The number of nitrogens with zero attached hydrogens (tertiary/aromatic N) is 2. The summed E-state index contributed by atoms with van der Waals surface area (Å²) in [6.07, 6.45) is 0. The van der Waals surface area contributed by atoms with E-state index in [1.165, 1.54) is 18.2 Å². The molecule has 76 valence electrons. The van der Waals surface area contributed by atoms with Gasteiger partial charge in [0.15, 0.2) is 11.7 Å². The molecular formula is C8H3ClN2O3S. The van der Waals surface area contributed by atoms with Crippen LogP contribution in [0.2, 0.25) is 0 Å². The first-order chi connectivity index (χ1) is 7.02. The van der Waals surface area contributed by atoms with Crippen molar-refractivity contribution in [2.24, 2.45) is 0 Å². The van der Waals surface area contributed by atoms with Crippen LogP contribution >= 0.6 is 10.7 Å². The van der Waals surface area contributed by atoms with Crippen molar-refractivity contribution >= 4 is 30.8 Å². The third-order valence-electron chi connectivity index (χ3n) is 1.74. The van der Waals surface area contributed by atoms with Gasteiger partial charge in [-0.05, 0) is 12.1 Å². The normalized spacial score (nSPS) is 11.5. The van der Waals surface area contributed by atoms with Gasteiger partial charge in [-0.15, -0.1) is 0 Å². The van der Waals surface area contributed by atoms with E-state index in [0.717, 1.165) is 0 Å². The lowest BCUT2D eigenvalue weighted by Crippen LogP contribution is -1.90. The number of fused-ring (bicyclic) bond motifs is 1. The number of benzene rings is 1. The van der Waals surface area contributed by atoms with Gasteiger partial charge in [0.2, 0.25) is 0 Å². The summed E-state index contributed by atoms with van der Waals surface area (Å²) in [6, 6.07) is 5.97. The van der Waals surface area contributed by atoms with E-state index in [0.29, 0.717) is 0 Å². The number of aromatic nitrogens is 1. The summed E-state index contributed by atoms with van der Waals surface area (Å²) >= 11 is 0. The maximum absolute atomic E-state index is 11.1. The van der Waals surface area contributed by atoms with Gasteiger partial charge in [0, 0.05) is 10.7 Å². The summed E-state index contributed by atoms with van der Waals surface area (Å²) in [6.45, 7) is 0. The van der Waals surface area contributed by atoms with Crippen LogP contribution in [0.5, 0.6) is 0 Å². The Hall–Kier alpha value is -1.58. The van der Waals surface area contributed by atoms with E-state index >= 15 is 0 Å². The van der Waals surface area contributed by atoms with Gasteiger partial charge in [-0.3, -0.25) is 0 Å². The van der Waals surface area contributed by atoms with Crippen LogP contribution in [0.3, 0.4) is 0 Å². The summed E-state index contributed by atoms with van der Waals surface area (Å²) in [7, 11) is 1.30. The minimum atomic E-state index is -3.90. The zero-order chi connectivity index (χ0) is 11.1. The van der Waals surface area contributed by atoms with Gasteiger partial charge in [0.25, 0.3) is 9.05 Å². The van der Waals surface area contributed by atoms with Crippen molar-refractivity contribution in [1.29, 1.82) is 5.26 Å². The second-order valence-corrected chi connectivity index (χ2v) is 5.21. The molecule has 2 rings (SSSR count). The van der Waals surface area contributed by atoms with E-state index in [2.05, 4.69) is 4.98 Å². The molecule has 5 nitrogen and oxygen atoms in total. The average Bonchev–Trinajstić information content (AvgIpc) is 2.57. The molecule has 0 aliphatic heterocycles. The molecule has 0 radical (unpaired) electrons. The first kappa shape index (κ1) is 9.96. The lowest BCUT2D eigenvalue weighted by Gasteiger charge is -1.94. The summed E-state index contributed by atoms with van der Waals surface area (Å²) in [5, 5.41) is 8.54. The van der Waals surface area contributed by atoms with Crippen LogP contribution < -0.4 is 0 Å². The van der Waals surface area contributed by atoms with Crippen LogP contribution in [-0.4, -0.2) is 13.4 Å². The van der Waals surface area contributed by atoms with Crippen LogP contribution in [0.4, 0.5) is 0 Å². The fourth-order valence-corrected chi connectivity index (χ4v) is 2.14. The number of nitriles is 1. The van der Waals surface area contributed by atoms with Crippen molar-refractivity contribution in [3.63, 3.8) is 0 Å². The average molecular weight is 243 g/mol. The van der Waals surface area contributed by atoms with Gasteiger partial charge in [-0.1, -0.05) is 6.07 Å². The number of rotatable bonds is 1. The predicted molar refractivity (Wildman–Crippen MR) is 51.8 cm³/mol. The molecule has 0 fully saturated rings. The highest BCUT2D eigenvalue weighted by atomic mass is 35.7. The first-order valence-electron chi connectivity index (χ1n) is 3.76. The van der Waals surface area contributed by atoms with Crippen LogP contribution in [0.25, 0.3) is 11.1 Å². The Morgan fingerprint density at radius 3 is 2.80 bits per heavy atom. The topological polar surface area (TPSA) is 84.0 Å². The van der Waals surface area contributed by atoms with Crippen LogP contribution in [0.1, 0.15) is 5.89 Å². The van der Waals surface area contributed by atoms with Gasteiger partial charge in [0.1, 0.15) is 10.4 Å². The zero-order valence-corrected chi connectivity index (χ0v) is 8.71. The Morgan fingerprint density at radius 1 is 1.47 bits per heavy atom. The van der Waals surface area contributed by atoms with Crippen molar-refractivity contribution in [2.75, 3.05) is 0 Å². The Bertz CT molecular complexity index is 669. The third kappa shape index (κ3) is 1.67. The van der Waals surface area contributed by atoms with Crippen LogP contribution in [-0.2, 0) is 9.05 Å². The molecule has 0 spiro atoms. The van der Waals surface area contributed by atoms with E-state index in [4.69, 9.17) is 20.4 Å². The summed E-state index contributed by atoms with van der Waals surface area (Å²) in [4.78, 5) is 3.57. The molecule has 1 aromatic carbocycles. The van der Waals surface area contributed by atoms with E-state index < -0.39 is 9.05 Å². The summed E-state index contributed by atoms with van der Waals surface area (Å²) in [5.41, 5.74) is 0.289. The highest BCUT2D eigenvalue weighted by Crippen LogP contribution is 2.26. The second-order valence-electron chi connectivity index (χ2n) is 2.67. The predicted octanol–water partition coefficient (Wildman–Crippen LogP) is 1.63. The number of hydrogen-bond acceptors (Lipinski definition) is 5. The largest absolute Gasteiger partial charge is 0.427 e. The first-order valence-corrected chi connectivity index (χ1v) is 6.07. The molecule has 7 heteroatoms. The molecule has 0 amide bonds. The highest BCUT2D eigenvalue weighted by molar-refractivity contribution is 8.13. The molecule has 1 heterocycles. The van der Waals surface area contributed by atoms with E-state index in [1.807, 2.05) is 0 Å². The Balaban J connectivity index is 2.89. The van der Waals surface area contributed by atoms with Crippen molar-refractivity contribution in [3.8, 4) is 6.07 Å². The Morgan fingerprint density at radius 2 is 2.20 bits per heavy atom. The molecule has 2 aromatic rings. The molecule has 0 unspecified atom stereocenters. The fourth-order valence-electron chi connectivity index (χ4n) is 1.16. The smallest absolute Gasteiger partial charge is 0.301 e. The molecule has 0 N–H and O–H groups in total. The molecule has 1 aromatic heterocycles. The Labute approximate surface area is 89.3 Å². The molecular weight excluding hydrogens is 240 g/mol. The van der Waals surface area contributed by atoms with Crippen LogP contribution in [0.15, 0.2) is 27.5 Å². The quantitative estimate of drug-likeness (QED) is 0.710. The van der Waals surface area contributed by atoms with E-state index in [1.54, 1.807) is 6.07 Å². The molecule has 0 atom stereocenters. The maximum atomic E-state index is 11.1. The zero-order valence-electron chi connectivity index (χ0n) is 7.14. The number of para-hydroxylation sites is 1. The molecule has 0 saturated heterocycles. The Kier molecular flexibility index (Phi) is 2.14. The number of halogens is 1. The number of oxazole rings is 1. The monoisotopic (exact) mass is 242 g/mol. The van der Waals surface area contributed by atoms with Crippen LogP contribution in [0, 0.1) is 11.3 Å². The van der Waals surface area contributed by atoms with Crippen molar-refractivity contribution in [1.82, 2.24) is 4.98 Å². The van der Waals surface area contributed by atoms with Crippen molar-refractivity contribution in [2.45, 2.75) is 4.90 Å². The molecule has 0 bridgehead atoms. The summed E-state index contributed by atoms with van der Waals surface area (Å²) in [5.74, 6) is -0.197. The standard InChI is InChI=1S/C8H3ClN2O3S/c9-15(12,13)6-3-1-2-5-8(6)14-7(4-10)11-5/h1-3H. The molecule has 0 aliphatic carbocycles. The van der Waals surface area contributed by atoms with E-state index in [9.17, 15) is 8.42 Å².